The van der Waals surface area contributed by atoms with Crippen LogP contribution in [0.3, 0.4) is 0 Å². The predicted molar refractivity (Wildman–Crippen MR) is 108 cm³/mol. The Morgan fingerprint density at radius 2 is 2.07 bits per heavy atom. The molecule has 29 heavy (non-hydrogen) atoms. The number of aromatic amines is 1. The molecule has 0 unspecified atom stereocenters. The molecule has 2 aromatic heterocycles. The molecule has 1 fully saturated rings. The van der Waals surface area contributed by atoms with Crippen molar-refractivity contribution in [3.8, 4) is 23.0 Å². The van der Waals surface area contributed by atoms with Gasteiger partial charge in [-0.3, -0.25) is 14.7 Å². The second kappa shape index (κ2) is 7.76. The van der Waals surface area contributed by atoms with Gasteiger partial charge in [0.15, 0.2) is 5.82 Å². The Hall–Kier alpha value is -3.66. The van der Waals surface area contributed by atoms with Crippen molar-refractivity contribution >= 4 is 5.91 Å². The number of nitrogens with zero attached hydrogens (tertiary/aromatic N) is 3. The third-order valence-electron chi connectivity index (χ3n) is 5.22. The molecular weight excluding hydrogens is 366 g/mol. The van der Waals surface area contributed by atoms with Gasteiger partial charge in [0, 0.05) is 18.4 Å². The molecule has 2 heterocycles. The van der Waals surface area contributed by atoms with E-state index in [2.05, 4.69) is 21.5 Å². The van der Waals surface area contributed by atoms with Gasteiger partial charge < -0.3 is 5.32 Å². The molecule has 0 saturated heterocycles. The molecule has 2 N–H and O–H groups in total. The first-order chi connectivity index (χ1) is 14.0. The largest absolute Gasteiger partial charge is 0.353 e. The molecule has 0 bridgehead atoms. The van der Waals surface area contributed by atoms with Gasteiger partial charge in [-0.05, 0) is 55.0 Å². The van der Waals surface area contributed by atoms with Crippen LogP contribution in [0, 0.1) is 17.2 Å². The van der Waals surface area contributed by atoms with Crippen molar-refractivity contribution in [1.29, 1.82) is 5.26 Å². The highest BCUT2D eigenvalue weighted by Crippen LogP contribution is 2.32. The molecular formula is C22H21N5O2. The van der Waals surface area contributed by atoms with E-state index in [1.54, 1.807) is 48.8 Å². The van der Waals surface area contributed by atoms with Crippen LogP contribution in [0.25, 0.3) is 16.9 Å². The summed E-state index contributed by atoms with van der Waals surface area (Å²) in [6.45, 7) is 2.04. The minimum Gasteiger partial charge on any atom is -0.353 e. The van der Waals surface area contributed by atoms with Crippen LogP contribution in [-0.4, -0.2) is 26.7 Å². The highest BCUT2D eigenvalue weighted by atomic mass is 16.1. The van der Waals surface area contributed by atoms with Crippen molar-refractivity contribution in [2.45, 2.75) is 32.2 Å². The van der Waals surface area contributed by atoms with Gasteiger partial charge in [0.1, 0.15) is 0 Å². The lowest BCUT2D eigenvalue weighted by atomic mass is 10.1. The minimum absolute atomic E-state index is 0.0147. The van der Waals surface area contributed by atoms with Crippen LogP contribution < -0.4 is 10.9 Å². The second-order valence-electron chi connectivity index (χ2n) is 7.41. The van der Waals surface area contributed by atoms with Crippen molar-refractivity contribution in [2.75, 3.05) is 0 Å². The first kappa shape index (κ1) is 18.7. The summed E-state index contributed by atoms with van der Waals surface area (Å²) in [5.74, 6) is 1.05. The zero-order valence-electron chi connectivity index (χ0n) is 16.1. The van der Waals surface area contributed by atoms with Gasteiger partial charge in [-0.1, -0.05) is 18.2 Å². The summed E-state index contributed by atoms with van der Waals surface area (Å²) in [6.07, 6.45) is 5.87. The molecule has 7 nitrogen and oxygen atoms in total. The van der Waals surface area contributed by atoms with E-state index in [9.17, 15) is 9.59 Å². The van der Waals surface area contributed by atoms with Gasteiger partial charge in [-0.2, -0.15) is 5.26 Å². The van der Waals surface area contributed by atoms with Crippen LogP contribution in [0.1, 0.15) is 30.9 Å². The predicted octanol–water partition coefficient (Wildman–Crippen LogP) is 2.56. The van der Waals surface area contributed by atoms with Gasteiger partial charge in [0.25, 0.3) is 5.56 Å². The number of benzene rings is 1. The minimum atomic E-state index is -0.231. The third kappa shape index (κ3) is 4.11. The topological polar surface area (TPSA) is 104 Å². The molecule has 1 atom stereocenters. The maximum absolute atomic E-state index is 12.7. The molecule has 1 amide bonds. The lowest BCUT2D eigenvalue weighted by Gasteiger charge is -2.12. The molecule has 0 radical (unpaired) electrons. The van der Waals surface area contributed by atoms with Crippen molar-refractivity contribution in [1.82, 2.24) is 20.1 Å². The highest BCUT2D eigenvalue weighted by molar-refractivity contribution is 5.78. The maximum atomic E-state index is 12.7. The Labute approximate surface area is 168 Å². The van der Waals surface area contributed by atoms with Crippen LogP contribution >= 0.6 is 0 Å². The summed E-state index contributed by atoms with van der Waals surface area (Å²) < 4.78 is 1.35. The van der Waals surface area contributed by atoms with Crippen molar-refractivity contribution in [2.24, 2.45) is 5.92 Å². The third-order valence-corrected chi connectivity index (χ3v) is 5.22. The summed E-state index contributed by atoms with van der Waals surface area (Å²) in [7, 11) is 0. The van der Waals surface area contributed by atoms with Crippen molar-refractivity contribution in [3.05, 3.63) is 70.3 Å². The molecule has 7 heteroatoms. The van der Waals surface area contributed by atoms with Crippen molar-refractivity contribution in [3.63, 3.8) is 0 Å². The first-order valence-corrected chi connectivity index (χ1v) is 9.61. The molecule has 4 rings (SSSR count). The van der Waals surface area contributed by atoms with E-state index in [0.29, 0.717) is 22.9 Å². The Morgan fingerprint density at radius 1 is 1.31 bits per heavy atom. The number of aromatic nitrogens is 3. The zero-order valence-corrected chi connectivity index (χ0v) is 16.1. The summed E-state index contributed by atoms with van der Waals surface area (Å²) in [5.41, 5.74) is 2.32. The summed E-state index contributed by atoms with van der Waals surface area (Å²) in [4.78, 5) is 29.2. The summed E-state index contributed by atoms with van der Waals surface area (Å²) in [5, 5.41) is 14.8. The van der Waals surface area contributed by atoms with Gasteiger partial charge >= 0.3 is 0 Å². The Balaban J connectivity index is 1.47. The SMILES string of the molecule is C[C@@H](NC(=O)Cc1ccc(-n2[nH]cc(-c3ccc(C#N)cc3)c2=O)nc1)C1CC1. The molecule has 1 saturated carbocycles. The Bertz CT molecular complexity index is 1120. The summed E-state index contributed by atoms with van der Waals surface area (Å²) in [6, 6.07) is 12.6. The molecule has 0 aliphatic heterocycles. The van der Waals surface area contributed by atoms with Crippen LogP contribution in [0.4, 0.5) is 0 Å². The smallest absolute Gasteiger partial charge is 0.280 e. The molecule has 1 aromatic carbocycles. The maximum Gasteiger partial charge on any atom is 0.280 e. The fourth-order valence-electron chi connectivity index (χ4n) is 3.33. The quantitative estimate of drug-likeness (QED) is 0.678. The van der Waals surface area contributed by atoms with Gasteiger partial charge in [-0.15, -0.1) is 0 Å². The van der Waals surface area contributed by atoms with E-state index >= 15 is 0 Å². The highest BCUT2D eigenvalue weighted by Gasteiger charge is 2.28. The average Bonchev–Trinajstić information content (AvgIpc) is 3.51. The Kier molecular flexibility index (Phi) is 5.00. The molecule has 0 spiro atoms. The van der Waals surface area contributed by atoms with E-state index in [0.717, 1.165) is 11.1 Å². The van der Waals surface area contributed by atoms with E-state index in [4.69, 9.17) is 5.26 Å². The number of nitrogens with one attached hydrogen (secondary N) is 2. The molecule has 146 valence electrons. The van der Waals surface area contributed by atoms with Gasteiger partial charge in [-0.25, -0.2) is 9.67 Å². The number of H-pyrrole nitrogens is 1. The lowest BCUT2D eigenvalue weighted by Crippen LogP contribution is -2.35. The van der Waals surface area contributed by atoms with Gasteiger partial charge in [0.2, 0.25) is 5.91 Å². The fraction of sp³-hybridized carbons (Fsp3) is 0.273. The van der Waals surface area contributed by atoms with E-state index < -0.39 is 0 Å². The summed E-state index contributed by atoms with van der Waals surface area (Å²) >= 11 is 0. The van der Waals surface area contributed by atoms with Crippen LogP contribution in [0.15, 0.2) is 53.6 Å². The number of nitriles is 1. The molecule has 3 aromatic rings. The molecule has 1 aliphatic carbocycles. The number of rotatable bonds is 6. The van der Waals surface area contributed by atoms with E-state index in [-0.39, 0.29) is 23.9 Å². The lowest BCUT2D eigenvalue weighted by molar-refractivity contribution is -0.121. The van der Waals surface area contributed by atoms with Crippen LogP contribution in [0.5, 0.6) is 0 Å². The number of amides is 1. The Morgan fingerprint density at radius 3 is 2.69 bits per heavy atom. The number of pyridine rings is 1. The van der Waals surface area contributed by atoms with Crippen LogP contribution in [0.2, 0.25) is 0 Å². The number of carbonyl (C=O) groups excluding carboxylic acids is 1. The number of carbonyl (C=O) groups is 1. The van der Waals surface area contributed by atoms with Crippen molar-refractivity contribution < 1.29 is 4.79 Å². The zero-order chi connectivity index (χ0) is 20.4. The van der Waals surface area contributed by atoms with E-state index in [1.807, 2.05) is 6.92 Å². The number of hydrogen-bond donors (Lipinski definition) is 2. The fourth-order valence-corrected chi connectivity index (χ4v) is 3.33. The average molecular weight is 387 g/mol. The standard InChI is InChI=1S/C22H21N5O2/c1-14(17-7-8-17)26-21(28)10-16-4-9-20(24-12-16)27-22(29)19(13-25-27)18-5-2-15(11-23)3-6-18/h2-6,9,12-14,17,25H,7-8,10H2,1H3,(H,26,28)/t14-/m1/s1. The second-order valence-corrected chi connectivity index (χ2v) is 7.41. The van der Waals surface area contributed by atoms with E-state index in [1.165, 1.54) is 17.5 Å². The first-order valence-electron chi connectivity index (χ1n) is 9.61. The molecule has 1 aliphatic rings. The van der Waals surface area contributed by atoms with Gasteiger partial charge in [0.05, 0.1) is 23.6 Å². The number of hydrogen-bond acceptors (Lipinski definition) is 4. The van der Waals surface area contributed by atoms with Crippen LogP contribution in [-0.2, 0) is 11.2 Å². The normalized spacial score (nSPS) is 14.2. The monoisotopic (exact) mass is 387 g/mol.